The number of aromatic nitrogens is 2. The Morgan fingerprint density at radius 3 is 2.73 bits per heavy atom. The Labute approximate surface area is 93.9 Å². The van der Waals surface area contributed by atoms with Gasteiger partial charge in [-0.1, -0.05) is 17.8 Å². The first-order chi connectivity index (χ1) is 7.26. The van der Waals surface area contributed by atoms with Gasteiger partial charge in [0.2, 0.25) is 0 Å². The van der Waals surface area contributed by atoms with Gasteiger partial charge in [0.05, 0.1) is 6.61 Å². The summed E-state index contributed by atoms with van der Waals surface area (Å²) in [6.45, 7) is 2.80. The first-order valence-corrected chi connectivity index (χ1v) is 6.50. The zero-order valence-corrected chi connectivity index (χ0v) is 9.85. The van der Waals surface area contributed by atoms with Gasteiger partial charge in [0.1, 0.15) is 5.01 Å². The fraction of sp³-hybridized carbons (Fsp3) is 0.818. The number of aryl methyl sites for hydroxylation is 1. The summed E-state index contributed by atoms with van der Waals surface area (Å²) >= 11 is 1.54. The number of rotatable bonds is 3. The van der Waals surface area contributed by atoms with Crippen LogP contribution in [0.4, 0.5) is 0 Å². The van der Waals surface area contributed by atoms with E-state index in [4.69, 9.17) is 4.74 Å². The Morgan fingerprint density at radius 1 is 1.40 bits per heavy atom. The van der Waals surface area contributed by atoms with Gasteiger partial charge in [0, 0.05) is 0 Å². The normalized spacial score (nSPS) is 23.5. The van der Waals surface area contributed by atoms with Crippen LogP contribution in [0.5, 0.6) is 5.19 Å². The molecule has 82 valence electrons. The lowest BCUT2D eigenvalue weighted by Crippen LogP contribution is -2.44. The van der Waals surface area contributed by atoms with E-state index in [2.05, 4.69) is 10.2 Å². The molecular formula is C11H16N2OS. The lowest BCUT2D eigenvalue weighted by Gasteiger charge is -2.54. The molecule has 0 aromatic carbocycles. The lowest BCUT2D eigenvalue weighted by atomic mass is 9.52. The van der Waals surface area contributed by atoms with Crippen LogP contribution in [0, 0.1) is 18.3 Å². The predicted molar refractivity (Wildman–Crippen MR) is 59.1 cm³/mol. The largest absolute Gasteiger partial charge is 0.469 e. The van der Waals surface area contributed by atoms with Crippen LogP contribution in [-0.4, -0.2) is 16.8 Å². The second kappa shape index (κ2) is 3.44. The molecule has 0 N–H and O–H groups in total. The van der Waals surface area contributed by atoms with Gasteiger partial charge in [0.25, 0.3) is 5.19 Å². The maximum atomic E-state index is 5.64. The molecule has 2 fully saturated rings. The van der Waals surface area contributed by atoms with E-state index >= 15 is 0 Å². The van der Waals surface area contributed by atoms with Crippen LogP contribution < -0.4 is 4.74 Å². The Morgan fingerprint density at radius 2 is 2.20 bits per heavy atom. The average Bonchev–Trinajstić information content (AvgIpc) is 2.46. The molecule has 0 radical (unpaired) electrons. The van der Waals surface area contributed by atoms with Crippen molar-refractivity contribution < 1.29 is 4.74 Å². The maximum Gasteiger partial charge on any atom is 0.294 e. The number of ether oxygens (including phenoxy) is 1. The Bertz CT molecular complexity index is 351. The topological polar surface area (TPSA) is 35.0 Å². The third-order valence-electron chi connectivity index (χ3n) is 3.81. The van der Waals surface area contributed by atoms with Crippen molar-refractivity contribution in [1.29, 1.82) is 0 Å². The highest BCUT2D eigenvalue weighted by Gasteiger charge is 2.48. The third kappa shape index (κ3) is 1.75. The van der Waals surface area contributed by atoms with Crippen LogP contribution in [0.15, 0.2) is 0 Å². The summed E-state index contributed by atoms with van der Waals surface area (Å²) in [5.41, 5.74) is 0.755. The van der Waals surface area contributed by atoms with E-state index < -0.39 is 0 Å². The molecule has 1 heterocycles. The monoisotopic (exact) mass is 224 g/mol. The first kappa shape index (κ1) is 9.58. The molecule has 0 atom stereocenters. The van der Waals surface area contributed by atoms with Gasteiger partial charge in [-0.05, 0) is 43.9 Å². The molecule has 0 amide bonds. The predicted octanol–water partition coefficient (Wildman–Crippen LogP) is 2.81. The van der Waals surface area contributed by atoms with Gasteiger partial charge in [-0.3, -0.25) is 0 Å². The molecule has 1 aromatic rings. The third-order valence-corrected chi connectivity index (χ3v) is 4.56. The van der Waals surface area contributed by atoms with E-state index in [0.717, 1.165) is 28.1 Å². The molecular weight excluding hydrogens is 208 g/mol. The van der Waals surface area contributed by atoms with Crippen LogP contribution >= 0.6 is 11.3 Å². The Hall–Kier alpha value is -0.640. The molecule has 1 spiro atoms. The molecule has 3 nitrogen and oxygen atoms in total. The molecule has 4 heteroatoms. The van der Waals surface area contributed by atoms with Crippen LogP contribution in [0.25, 0.3) is 0 Å². The fourth-order valence-corrected chi connectivity index (χ4v) is 3.44. The van der Waals surface area contributed by atoms with E-state index in [1.165, 1.54) is 43.4 Å². The Balaban J connectivity index is 1.44. The minimum Gasteiger partial charge on any atom is -0.469 e. The van der Waals surface area contributed by atoms with Crippen LogP contribution in [0.2, 0.25) is 0 Å². The van der Waals surface area contributed by atoms with Crippen molar-refractivity contribution in [3.63, 3.8) is 0 Å². The van der Waals surface area contributed by atoms with E-state index in [1.807, 2.05) is 6.92 Å². The average molecular weight is 224 g/mol. The quantitative estimate of drug-likeness (QED) is 0.792. The molecule has 0 aliphatic heterocycles. The molecule has 2 aliphatic carbocycles. The highest BCUT2D eigenvalue weighted by atomic mass is 32.1. The minimum absolute atomic E-state index is 0.738. The van der Waals surface area contributed by atoms with E-state index in [9.17, 15) is 0 Å². The smallest absolute Gasteiger partial charge is 0.294 e. The molecule has 0 saturated heterocycles. The molecule has 1 aromatic heterocycles. The van der Waals surface area contributed by atoms with Crippen molar-refractivity contribution in [2.45, 2.75) is 39.0 Å². The molecule has 0 unspecified atom stereocenters. The zero-order valence-electron chi connectivity index (χ0n) is 9.03. The first-order valence-electron chi connectivity index (χ1n) is 5.69. The zero-order chi connectivity index (χ0) is 10.3. The van der Waals surface area contributed by atoms with E-state index in [-0.39, 0.29) is 0 Å². The highest BCUT2D eigenvalue weighted by Crippen LogP contribution is 2.58. The summed E-state index contributed by atoms with van der Waals surface area (Å²) in [6, 6.07) is 0. The van der Waals surface area contributed by atoms with Gasteiger partial charge >= 0.3 is 0 Å². The van der Waals surface area contributed by atoms with Crippen molar-refractivity contribution in [2.75, 3.05) is 6.61 Å². The summed E-state index contributed by atoms with van der Waals surface area (Å²) in [5, 5.41) is 9.62. The minimum atomic E-state index is 0.738. The summed E-state index contributed by atoms with van der Waals surface area (Å²) in [7, 11) is 0. The summed E-state index contributed by atoms with van der Waals surface area (Å²) in [5.74, 6) is 0.773. The van der Waals surface area contributed by atoms with Gasteiger partial charge in [-0.2, -0.15) is 0 Å². The number of nitrogens with zero attached hydrogens (tertiary/aromatic N) is 2. The molecule has 2 saturated carbocycles. The fourth-order valence-electron chi connectivity index (χ4n) is 2.89. The van der Waals surface area contributed by atoms with Crippen LogP contribution in [0.3, 0.4) is 0 Å². The molecule has 2 aliphatic rings. The summed E-state index contributed by atoms with van der Waals surface area (Å²) in [4.78, 5) is 0. The maximum absolute atomic E-state index is 5.64. The van der Waals surface area contributed by atoms with Crippen molar-refractivity contribution in [2.24, 2.45) is 11.3 Å². The van der Waals surface area contributed by atoms with E-state index in [1.54, 1.807) is 0 Å². The SMILES string of the molecule is Cc1nnc(OCC2CC3(CCC3)C2)s1. The van der Waals surface area contributed by atoms with Gasteiger partial charge in [-0.15, -0.1) is 10.2 Å². The Kier molecular flexibility index (Phi) is 2.20. The second-order valence-electron chi connectivity index (χ2n) is 5.03. The van der Waals surface area contributed by atoms with Crippen molar-refractivity contribution in [3.8, 4) is 5.19 Å². The van der Waals surface area contributed by atoms with Gasteiger partial charge < -0.3 is 4.74 Å². The van der Waals surface area contributed by atoms with Crippen molar-refractivity contribution in [3.05, 3.63) is 5.01 Å². The second-order valence-corrected chi connectivity index (χ2v) is 6.17. The van der Waals surface area contributed by atoms with E-state index in [0.29, 0.717) is 0 Å². The molecule has 0 bridgehead atoms. The number of hydrogen-bond acceptors (Lipinski definition) is 4. The van der Waals surface area contributed by atoms with Crippen LogP contribution in [0.1, 0.15) is 37.1 Å². The number of hydrogen-bond donors (Lipinski definition) is 0. The molecule has 15 heavy (non-hydrogen) atoms. The standard InChI is InChI=1S/C11H16N2OS/c1-8-12-13-10(15-8)14-7-9-5-11(6-9)3-2-4-11/h9H,2-7H2,1H3. The van der Waals surface area contributed by atoms with Crippen molar-refractivity contribution >= 4 is 11.3 Å². The summed E-state index contributed by atoms with van der Waals surface area (Å²) < 4.78 is 5.64. The van der Waals surface area contributed by atoms with Gasteiger partial charge in [0.15, 0.2) is 0 Å². The highest BCUT2D eigenvalue weighted by molar-refractivity contribution is 7.12. The van der Waals surface area contributed by atoms with Crippen LogP contribution in [-0.2, 0) is 0 Å². The lowest BCUT2D eigenvalue weighted by molar-refractivity contribution is -0.0417. The van der Waals surface area contributed by atoms with Crippen molar-refractivity contribution in [1.82, 2.24) is 10.2 Å². The van der Waals surface area contributed by atoms with Gasteiger partial charge in [-0.25, -0.2) is 0 Å². The molecule has 3 rings (SSSR count). The summed E-state index contributed by atoms with van der Waals surface area (Å²) in [6.07, 6.45) is 7.13.